The summed E-state index contributed by atoms with van der Waals surface area (Å²) in [6.07, 6.45) is 1.58. The van der Waals surface area contributed by atoms with Crippen LogP contribution in [0.3, 0.4) is 0 Å². The zero-order chi connectivity index (χ0) is 18.4. The maximum Gasteiger partial charge on any atom is 0.410 e. The minimum atomic E-state index is -0.528. The second-order valence-corrected chi connectivity index (χ2v) is 8.14. The normalized spacial score (nSPS) is 16.5. The van der Waals surface area contributed by atoms with Gasteiger partial charge in [-0.1, -0.05) is 13.8 Å². The molecule has 2 heterocycles. The van der Waals surface area contributed by atoms with Crippen molar-refractivity contribution in [3.05, 3.63) is 47.5 Å². The van der Waals surface area contributed by atoms with Crippen LogP contribution in [0.1, 0.15) is 45.9 Å². The number of amides is 1. The van der Waals surface area contributed by atoms with E-state index in [0.717, 1.165) is 16.9 Å². The van der Waals surface area contributed by atoms with E-state index in [-0.39, 0.29) is 17.3 Å². The molecule has 1 aliphatic heterocycles. The van der Waals surface area contributed by atoms with Gasteiger partial charge in [0.05, 0.1) is 17.9 Å². The van der Waals surface area contributed by atoms with Crippen LogP contribution in [0, 0.1) is 5.82 Å². The third-order valence-electron chi connectivity index (χ3n) is 4.12. The van der Waals surface area contributed by atoms with E-state index in [4.69, 9.17) is 4.74 Å². The molecular weight excluding hydrogens is 321 g/mol. The molecule has 6 heteroatoms. The summed E-state index contributed by atoms with van der Waals surface area (Å²) in [7, 11) is 0. The highest BCUT2D eigenvalue weighted by Gasteiger charge is 2.38. The van der Waals surface area contributed by atoms with Gasteiger partial charge in [-0.3, -0.25) is 0 Å². The van der Waals surface area contributed by atoms with Crippen molar-refractivity contribution in [2.45, 2.75) is 52.2 Å². The Morgan fingerprint density at radius 1 is 1.24 bits per heavy atom. The summed E-state index contributed by atoms with van der Waals surface area (Å²) in [4.78, 5) is 14.2. The minimum Gasteiger partial charge on any atom is -0.444 e. The summed E-state index contributed by atoms with van der Waals surface area (Å²) >= 11 is 0. The summed E-state index contributed by atoms with van der Waals surface area (Å²) in [5, 5.41) is 4.69. The van der Waals surface area contributed by atoms with Crippen molar-refractivity contribution in [1.82, 2.24) is 14.7 Å². The highest BCUT2D eigenvalue weighted by atomic mass is 19.1. The minimum absolute atomic E-state index is 0.280. The standard InChI is InChI=1S/C19H24FN3O2/c1-18(2,3)25-17(24)22-10-13-11-23(15-8-6-14(20)7-9-15)21-16(13)19(4,5)12-22/h6-9,11H,10,12H2,1-5H3. The van der Waals surface area contributed by atoms with Gasteiger partial charge in [-0.25, -0.2) is 13.9 Å². The van der Waals surface area contributed by atoms with E-state index >= 15 is 0 Å². The van der Waals surface area contributed by atoms with Crippen molar-refractivity contribution >= 4 is 6.09 Å². The molecule has 1 aromatic carbocycles. The van der Waals surface area contributed by atoms with Gasteiger partial charge in [0.15, 0.2) is 0 Å². The molecule has 0 N–H and O–H groups in total. The predicted octanol–water partition coefficient (Wildman–Crippen LogP) is 4.04. The van der Waals surface area contributed by atoms with Gasteiger partial charge >= 0.3 is 6.09 Å². The van der Waals surface area contributed by atoms with Crippen molar-refractivity contribution in [2.24, 2.45) is 0 Å². The highest BCUT2D eigenvalue weighted by molar-refractivity contribution is 5.69. The average molecular weight is 345 g/mol. The maximum atomic E-state index is 13.1. The number of halogens is 1. The molecule has 0 aliphatic carbocycles. The predicted molar refractivity (Wildman–Crippen MR) is 93.2 cm³/mol. The third kappa shape index (κ3) is 3.67. The lowest BCUT2D eigenvalue weighted by Gasteiger charge is -2.37. The molecule has 0 radical (unpaired) electrons. The number of fused-ring (bicyclic) bond motifs is 1. The van der Waals surface area contributed by atoms with Gasteiger partial charge in [0, 0.05) is 23.7 Å². The summed E-state index contributed by atoms with van der Waals surface area (Å²) in [5.74, 6) is -0.280. The van der Waals surface area contributed by atoms with Crippen LogP contribution in [0.2, 0.25) is 0 Å². The molecule has 3 rings (SSSR count). The molecule has 0 unspecified atom stereocenters. The van der Waals surface area contributed by atoms with E-state index in [0.29, 0.717) is 13.1 Å². The van der Waals surface area contributed by atoms with Crippen LogP contribution in [0.5, 0.6) is 0 Å². The number of nitrogens with zero attached hydrogens (tertiary/aromatic N) is 3. The van der Waals surface area contributed by atoms with E-state index < -0.39 is 5.60 Å². The fourth-order valence-corrected chi connectivity index (χ4v) is 3.09. The second kappa shape index (κ2) is 5.86. The Bertz CT molecular complexity index is 788. The number of hydrogen-bond acceptors (Lipinski definition) is 3. The molecular formula is C19H24FN3O2. The monoisotopic (exact) mass is 345 g/mol. The Balaban J connectivity index is 1.90. The lowest BCUT2D eigenvalue weighted by Crippen LogP contribution is -2.46. The fraction of sp³-hybridized carbons (Fsp3) is 0.474. The van der Waals surface area contributed by atoms with Crippen LogP contribution >= 0.6 is 0 Å². The molecule has 1 aromatic heterocycles. The van der Waals surface area contributed by atoms with E-state index in [2.05, 4.69) is 18.9 Å². The highest BCUT2D eigenvalue weighted by Crippen LogP contribution is 2.33. The fourth-order valence-electron chi connectivity index (χ4n) is 3.09. The maximum absolute atomic E-state index is 13.1. The quantitative estimate of drug-likeness (QED) is 0.784. The molecule has 1 amide bonds. The van der Waals surface area contributed by atoms with Gasteiger partial charge in [-0.2, -0.15) is 5.10 Å². The zero-order valence-corrected chi connectivity index (χ0v) is 15.3. The van der Waals surface area contributed by atoms with Gasteiger partial charge in [0.2, 0.25) is 0 Å². The molecule has 134 valence electrons. The molecule has 0 saturated carbocycles. The molecule has 0 saturated heterocycles. The molecule has 0 bridgehead atoms. The van der Waals surface area contributed by atoms with Gasteiger partial charge in [0.1, 0.15) is 11.4 Å². The first-order chi connectivity index (χ1) is 11.5. The number of ether oxygens (including phenoxy) is 1. The number of aromatic nitrogens is 2. The smallest absolute Gasteiger partial charge is 0.410 e. The summed E-state index contributed by atoms with van der Waals surface area (Å²) < 4.78 is 20.4. The Labute approximate surface area is 147 Å². The molecule has 0 atom stereocenters. The number of carbonyl (C=O) groups excluding carboxylic acids is 1. The Morgan fingerprint density at radius 3 is 2.48 bits per heavy atom. The summed E-state index contributed by atoms with van der Waals surface area (Å²) in [6.45, 7) is 10.7. The lowest BCUT2D eigenvalue weighted by molar-refractivity contribution is 0.0172. The van der Waals surface area contributed by atoms with E-state index in [9.17, 15) is 9.18 Å². The second-order valence-electron chi connectivity index (χ2n) is 8.14. The number of hydrogen-bond donors (Lipinski definition) is 0. The largest absolute Gasteiger partial charge is 0.444 e. The number of benzene rings is 1. The molecule has 1 aliphatic rings. The first-order valence-electron chi connectivity index (χ1n) is 8.38. The van der Waals surface area contributed by atoms with E-state index in [1.165, 1.54) is 12.1 Å². The van der Waals surface area contributed by atoms with Crippen molar-refractivity contribution in [1.29, 1.82) is 0 Å². The van der Waals surface area contributed by atoms with Crippen LogP contribution in [0.4, 0.5) is 9.18 Å². The Morgan fingerprint density at radius 2 is 1.88 bits per heavy atom. The van der Waals surface area contributed by atoms with Crippen molar-refractivity contribution < 1.29 is 13.9 Å². The Kier molecular flexibility index (Phi) is 4.09. The van der Waals surface area contributed by atoms with Gasteiger partial charge in [-0.15, -0.1) is 0 Å². The Hall–Kier alpha value is -2.37. The number of carbonyl (C=O) groups is 1. The van der Waals surface area contributed by atoms with Gasteiger partial charge < -0.3 is 9.64 Å². The van der Waals surface area contributed by atoms with Crippen LogP contribution in [-0.4, -0.2) is 32.9 Å². The van der Waals surface area contributed by atoms with Crippen molar-refractivity contribution in [2.75, 3.05) is 6.54 Å². The first kappa shape index (κ1) is 17.5. The lowest BCUT2D eigenvalue weighted by atomic mass is 9.83. The van der Waals surface area contributed by atoms with Crippen LogP contribution in [-0.2, 0) is 16.7 Å². The SMILES string of the molecule is CC(C)(C)OC(=O)N1Cc2cn(-c3ccc(F)cc3)nc2C(C)(C)C1. The van der Waals surface area contributed by atoms with Crippen LogP contribution < -0.4 is 0 Å². The third-order valence-corrected chi connectivity index (χ3v) is 4.12. The summed E-state index contributed by atoms with van der Waals surface area (Å²) in [5.41, 5.74) is 1.90. The first-order valence-corrected chi connectivity index (χ1v) is 8.38. The molecule has 0 fully saturated rings. The molecule has 0 spiro atoms. The van der Waals surface area contributed by atoms with Crippen LogP contribution in [0.25, 0.3) is 5.69 Å². The molecule has 2 aromatic rings. The zero-order valence-electron chi connectivity index (χ0n) is 15.3. The molecule has 5 nitrogen and oxygen atoms in total. The molecule has 25 heavy (non-hydrogen) atoms. The van der Waals surface area contributed by atoms with Gasteiger partial charge in [-0.05, 0) is 45.0 Å². The van der Waals surface area contributed by atoms with E-state index in [1.54, 1.807) is 21.7 Å². The van der Waals surface area contributed by atoms with Crippen molar-refractivity contribution in [3.63, 3.8) is 0 Å². The van der Waals surface area contributed by atoms with Crippen molar-refractivity contribution in [3.8, 4) is 5.69 Å². The average Bonchev–Trinajstić information content (AvgIpc) is 2.90. The number of rotatable bonds is 1. The van der Waals surface area contributed by atoms with Crippen LogP contribution in [0.15, 0.2) is 30.5 Å². The van der Waals surface area contributed by atoms with Gasteiger partial charge in [0.25, 0.3) is 0 Å². The topological polar surface area (TPSA) is 47.4 Å². The van der Waals surface area contributed by atoms with E-state index in [1.807, 2.05) is 27.0 Å². The summed E-state index contributed by atoms with van der Waals surface area (Å²) in [6, 6.07) is 6.20.